The molecule has 1 aromatic rings. The van der Waals surface area contributed by atoms with Crippen LogP contribution < -0.4 is 10.6 Å². The fourth-order valence-electron chi connectivity index (χ4n) is 2.53. The average Bonchev–Trinajstić information content (AvgIpc) is 3.00. The maximum absolute atomic E-state index is 12.0. The minimum absolute atomic E-state index is 0.167. The van der Waals surface area contributed by atoms with Crippen molar-refractivity contribution in [2.75, 3.05) is 6.54 Å². The summed E-state index contributed by atoms with van der Waals surface area (Å²) in [5, 5.41) is 15.6. The number of aliphatic hydroxyl groups is 1. The molecule has 1 saturated carbocycles. The van der Waals surface area contributed by atoms with Crippen molar-refractivity contribution in [2.24, 2.45) is 0 Å². The van der Waals surface area contributed by atoms with Crippen LogP contribution in [-0.4, -0.2) is 35.1 Å². The highest BCUT2D eigenvalue weighted by molar-refractivity contribution is 5.95. The predicted molar refractivity (Wildman–Crippen MR) is 76.7 cm³/mol. The number of rotatable bonds is 5. The summed E-state index contributed by atoms with van der Waals surface area (Å²) in [4.78, 5) is 23.7. The van der Waals surface area contributed by atoms with Crippen LogP contribution in [-0.2, 0) is 4.79 Å². The predicted octanol–water partition coefficient (Wildman–Crippen LogP) is 1.21. The van der Waals surface area contributed by atoms with Crippen LogP contribution in [0.4, 0.5) is 0 Å². The number of furan rings is 1. The van der Waals surface area contributed by atoms with Gasteiger partial charge < -0.3 is 20.2 Å². The normalized spacial score (nSPS) is 18.8. The number of carbonyl (C=O) groups is 2. The lowest BCUT2D eigenvalue weighted by atomic mass is 9.85. The molecule has 2 amide bonds. The van der Waals surface area contributed by atoms with Crippen molar-refractivity contribution in [3.63, 3.8) is 0 Å². The highest BCUT2D eigenvalue weighted by Gasteiger charge is 2.30. The summed E-state index contributed by atoms with van der Waals surface area (Å²) >= 11 is 0. The molecule has 1 atom stereocenters. The van der Waals surface area contributed by atoms with Crippen molar-refractivity contribution in [1.29, 1.82) is 0 Å². The second kappa shape index (κ2) is 6.76. The molecular weight excluding hydrogens is 272 g/mol. The lowest BCUT2D eigenvalue weighted by Crippen LogP contribution is -2.50. The van der Waals surface area contributed by atoms with Crippen molar-refractivity contribution in [1.82, 2.24) is 10.6 Å². The molecule has 3 N–H and O–H groups in total. The highest BCUT2D eigenvalue weighted by Crippen LogP contribution is 2.27. The van der Waals surface area contributed by atoms with Gasteiger partial charge >= 0.3 is 0 Å². The van der Waals surface area contributed by atoms with Gasteiger partial charge in [-0.3, -0.25) is 9.59 Å². The Bertz CT molecular complexity index is 478. The third kappa shape index (κ3) is 4.32. The molecule has 1 unspecified atom stereocenters. The van der Waals surface area contributed by atoms with Crippen LogP contribution in [0.15, 0.2) is 22.8 Å². The average molecular weight is 294 g/mol. The number of amides is 2. The van der Waals surface area contributed by atoms with E-state index in [4.69, 9.17) is 4.42 Å². The summed E-state index contributed by atoms with van der Waals surface area (Å²) in [5.74, 6) is -0.575. The van der Waals surface area contributed by atoms with Crippen molar-refractivity contribution < 1.29 is 19.1 Å². The molecule has 21 heavy (non-hydrogen) atoms. The van der Waals surface area contributed by atoms with E-state index in [9.17, 15) is 14.7 Å². The molecule has 0 aromatic carbocycles. The molecule has 0 radical (unpaired) electrons. The monoisotopic (exact) mass is 294 g/mol. The minimum Gasteiger partial charge on any atom is -0.459 e. The van der Waals surface area contributed by atoms with Crippen LogP contribution in [0.3, 0.4) is 0 Å². The molecule has 1 fully saturated rings. The first kappa shape index (κ1) is 15.6. The van der Waals surface area contributed by atoms with E-state index in [1.807, 2.05) is 0 Å². The first-order valence-electron chi connectivity index (χ1n) is 7.35. The van der Waals surface area contributed by atoms with Crippen molar-refractivity contribution in [2.45, 2.75) is 50.7 Å². The second-order valence-electron chi connectivity index (χ2n) is 5.68. The van der Waals surface area contributed by atoms with Gasteiger partial charge in [-0.25, -0.2) is 0 Å². The van der Waals surface area contributed by atoms with Crippen LogP contribution in [0.25, 0.3) is 0 Å². The summed E-state index contributed by atoms with van der Waals surface area (Å²) in [6, 6.07) is 2.46. The molecule has 0 bridgehead atoms. The molecule has 0 aliphatic heterocycles. The van der Waals surface area contributed by atoms with Gasteiger partial charge in [0.15, 0.2) is 5.76 Å². The molecule has 2 rings (SSSR count). The molecule has 1 aliphatic carbocycles. The minimum atomic E-state index is -0.807. The Morgan fingerprint density at radius 1 is 1.38 bits per heavy atom. The molecule has 6 heteroatoms. The van der Waals surface area contributed by atoms with E-state index in [0.717, 1.165) is 19.3 Å². The topological polar surface area (TPSA) is 91.6 Å². The van der Waals surface area contributed by atoms with Gasteiger partial charge in [-0.15, -0.1) is 0 Å². The Kier molecular flexibility index (Phi) is 5.01. The smallest absolute Gasteiger partial charge is 0.287 e. The van der Waals surface area contributed by atoms with Gasteiger partial charge in [0.25, 0.3) is 5.91 Å². The summed E-state index contributed by atoms with van der Waals surface area (Å²) in [6.07, 6.45) is 5.92. The summed E-state index contributed by atoms with van der Waals surface area (Å²) < 4.78 is 4.96. The zero-order valence-corrected chi connectivity index (χ0v) is 12.2. The summed E-state index contributed by atoms with van der Waals surface area (Å²) in [7, 11) is 0. The Balaban J connectivity index is 1.78. The molecular formula is C15H22N2O4. The van der Waals surface area contributed by atoms with Crippen LogP contribution in [0.2, 0.25) is 0 Å². The van der Waals surface area contributed by atoms with Gasteiger partial charge in [-0.1, -0.05) is 19.3 Å². The van der Waals surface area contributed by atoms with E-state index < -0.39 is 17.6 Å². The van der Waals surface area contributed by atoms with E-state index in [2.05, 4.69) is 10.6 Å². The third-order valence-corrected chi connectivity index (χ3v) is 3.86. The number of nitrogens with one attached hydrogen (secondary N) is 2. The quantitative estimate of drug-likeness (QED) is 0.761. The zero-order valence-electron chi connectivity index (χ0n) is 12.2. The third-order valence-electron chi connectivity index (χ3n) is 3.86. The zero-order chi connectivity index (χ0) is 15.3. The fraction of sp³-hybridized carbons (Fsp3) is 0.600. The van der Waals surface area contributed by atoms with Crippen molar-refractivity contribution >= 4 is 11.8 Å². The van der Waals surface area contributed by atoms with Gasteiger partial charge in [-0.2, -0.15) is 0 Å². The summed E-state index contributed by atoms with van der Waals surface area (Å²) in [6.45, 7) is 1.83. The Morgan fingerprint density at radius 2 is 2.10 bits per heavy atom. The van der Waals surface area contributed by atoms with E-state index in [0.29, 0.717) is 12.8 Å². The lowest BCUT2D eigenvalue weighted by Gasteiger charge is -2.32. The molecule has 0 spiro atoms. The summed E-state index contributed by atoms with van der Waals surface area (Å²) in [5.41, 5.74) is -0.807. The number of hydrogen-bond donors (Lipinski definition) is 3. The number of hydrogen-bond acceptors (Lipinski definition) is 4. The first-order valence-corrected chi connectivity index (χ1v) is 7.35. The Morgan fingerprint density at radius 3 is 2.71 bits per heavy atom. The molecule has 0 saturated heterocycles. The lowest BCUT2D eigenvalue weighted by molar-refractivity contribution is -0.124. The van der Waals surface area contributed by atoms with Gasteiger partial charge in [0.1, 0.15) is 6.04 Å². The van der Waals surface area contributed by atoms with Crippen molar-refractivity contribution in [3.8, 4) is 0 Å². The largest absolute Gasteiger partial charge is 0.459 e. The maximum atomic E-state index is 12.0. The standard InChI is InChI=1S/C15H22N2O4/c1-11(17-14(19)12-6-5-9-21-12)13(18)16-10-15(20)7-3-2-4-8-15/h5-6,9,11,20H,2-4,7-8,10H2,1H3,(H,16,18)(H,17,19). The molecule has 1 aliphatic rings. The van der Waals surface area contributed by atoms with Gasteiger partial charge in [0, 0.05) is 6.54 Å². The van der Waals surface area contributed by atoms with Gasteiger partial charge in [-0.05, 0) is 31.9 Å². The van der Waals surface area contributed by atoms with E-state index in [1.165, 1.54) is 12.3 Å². The van der Waals surface area contributed by atoms with Gasteiger partial charge in [0.05, 0.1) is 11.9 Å². The molecule has 1 heterocycles. The van der Waals surface area contributed by atoms with Crippen LogP contribution in [0.1, 0.15) is 49.6 Å². The maximum Gasteiger partial charge on any atom is 0.287 e. The second-order valence-corrected chi connectivity index (χ2v) is 5.68. The molecule has 116 valence electrons. The molecule has 1 aromatic heterocycles. The number of carbonyl (C=O) groups excluding carboxylic acids is 2. The van der Waals surface area contributed by atoms with E-state index in [1.54, 1.807) is 13.0 Å². The van der Waals surface area contributed by atoms with Gasteiger partial charge in [0.2, 0.25) is 5.91 Å². The first-order chi connectivity index (χ1) is 10.0. The van der Waals surface area contributed by atoms with Crippen LogP contribution in [0, 0.1) is 0 Å². The van der Waals surface area contributed by atoms with Crippen LogP contribution >= 0.6 is 0 Å². The Labute approximate surface area is 123 Å². The Hall–Kier alpha value is -1.82. The van der Waals surface area contributed by atoms with E-state index >= 15 is 0 Å². The van der Waals surface area contributed by atoms with E-state index in [-0.39, 0.29) is 18.2 Å². The highest BCUT2D eigenvalue weighted by atomic mass is 16.3. The fourth-order valence-corrected chi connectivity index (χ4v) is 2.53. The SMILES string of the molecule is CC(NC(=O)c1ccco1)C(=O)NCC1(O)CCCCC1. The van der Waals surface area contributed by atoms with Crippen molar-refractivity contribution in [3.05, 3.63) is 24.2 Å². The van der Waals surface area contributed by atoms with Crippen LogP contribution in [0.5, 0.6) is 0 Å². The molecule has 6 nitrogen and oxygen atoms in total.